The van der Waals surface area contributed by atoms with Crippen LogP contribution in [-0.2, 0) is 0 Å². The molecule has 3 N–H and O–H groups in total. The van der Waals surface area contributed by atoms with Crippen molar-refractivity contribution in [2.24, 2.45) is 0 Å². The molecule has 0 saturated carbocycles. The van der Waals surface area contributed by atoms with Crippen LogP contribution < -0.4 is 11.1 Å². The van der Waals surface area contributed by atoms with Gasteiger partial charge >= 0.3 is 0 Å². The van der Waals surface area contributed by atoms with E-state index in [0.29, 0.717) is 6.07 Å². The lowest BCUT2D eigenvalue weighted by Crippen LogP contribution is -2.12. The smallest absolute Gasteiger partial charge is 0.255 e. The Hall–Kier alpha value is -1.85. The monoisotopic (exact) mass is 316 g/mol. The Labute approximate surface area is 123 Å². The van der Waals surface area contributed by atoms with Gasteiger partial charge in [0.1, 0.15) is 11.6 Å². The van der Waals surface area contributed by atoms with Crippen molar-refractivity contribution >= 4 is 40.5 Å². The Bertz CT molecular complexity index is 649. The van der Waals surface area contributed by atoms with Gasteiger partial charge in [-0.2, -0.15) is 0 Å². The largest absolute Gasteiger partial charge is 0.396 e. The third kappa shape index (κ3) is 3.18. The average molecular weight is 317 g/mol. The molecule has 2 rings (SSSR count). The Morgan fingerprint density at radius 3 is 2.00 bits per heavy atom. The van der Waals surface area contributed by atoms with Crippen LogP contribution in [0.15, 0.2) is 30.3 Å². The molecule has 0 radical (unpaired) electrons. The topological polar surface area (TPSA) is 55.1 Å². The van der Waals surface area contributed by atoms with E-state index in [1.54, 1.807) is 0 Å². The molecule has 0 aliphatic heterocycles. The summed E-state index contributed by atoms with van der Waals surface area (Å²) in [7, 11) is 0. The summed E-state index contributed by atoms with van der Waals surface area (Å²) in [6.45, 7) is 0. The maximum Gasteiger partial charge on any atom is 0.255 e. The second kappa shape index (κ2) is 5.64. The summed E-state index contributed by atoms with van der Waals surface area (Å²) >= 11 is 11.6. The Kier molecular flexibility index (Phi) is 4.11. The van der Waals surface area contributed by atoms with Gasteiger partial charge in [-0.15, -0.1) is 0 Å². The van der Waals surface area contributed by atoms with Crippen LogP contribution in [0.1, 0.15) is 10.4 Å². The van der Waals surface area contributed by atoms with Crippen LogP contribution in [0.5, 0.6) is 0 Å². The molecule has 104 valence electrons. The molecular weight excluding hydrogens is 309 g/mol. The number of benzene rings is 2. The van der Waals surface area contributed by atoms with Gasteiger partial charge in [0.25, 0.3) is 5.91 Å². The summed E-state index contributed by atoms with van der Waals surface area (Å²) in [5, 5.41) is 2.75. The Morgan fingerprint density at radius 2 is 1.50 bits per heavy atom. The molecular formula is C13H8Cl2F2N2O. The third-order valence-corrected chi connectivity index (χ3v) is 3.09. The Morgan fingerprint density at radius 1 is 1.00 bits per heavy atom. The summed E-state index contributed by atoms with van der Waals surface area (Å²) in [5.41, 5.74) is 5.85. The fraction of sp³-hybridized carbons (Fsp3) is 0. The zero-order chi connectivity index (χ0) is 14.9. The number of rotatable bonds is 2. The maximum atomic E-state index is 13.0. The highest BCUT2D eigenvalue weighted by molar-refractivity contribution is 6.39. The van der Waals surface area contributed by atoms with Crippen molar-refractivity contribution in [3.63, 3.8) is 0 Å². The van der Waals surface area contributed by atoms with Crippen molar-refractivity contribution in [2.45, 2.75) is 0 Å². The summed E-state index contributed by atoms with van der Waals surface area (Å²) in [6.07, 6.45) is 0. The lowest BCUT2D eigenvalue weighted by Gasteiger charge is -2.08. The molecule has 2 aromatic carbocycles. The molecule has 0 aromatic heterocycles. The van der Waals surface area contributed by atoms with Gasteiger partial charge in [-0.3, -0.25) is 4.79 Å². The molecule has 3 nitrogen and oxygen atoms in total. The summed E-state index contributed by atoms with van der Waals surface area (Å²) in [5.74, 6) is -2.38. The molecule has 0 aliphatic carbocycles. The highest BCUT2D eigenvalue weighted by Crippen LogP contribution is 2.31. The van der Waals surface area contributed by atoms with Crippen molar-refractivity contribution < 1.29 is 13.6 Å². The quantitative estimate of drug-likeness (QED) is 0.819. The van der Waals surface area contributed by atoms with E-state index in [2.05, 4.69) is 5.32 Å². The van der Waals surface area contributed by atoms with Gasteiger partial charge in [0.15, 0.2) is 0 Å². The number of nitrogen functional groups attached to an aromatic ring is 1. The zero-order valence-corrected chi connectivity index (χ0v) is 11.4. The lowest BCUT2D eigenvalue weighted by atomic mass is 10.2. The van der Waals surface area contributed by atoms with E-state index in [4.69, 9.17) is 28.9 Å². The number of hydrogen-bond acceptors (Lipinski definition) is 2. The highest BCUT2D eigenvalue weighted by atomic mass is 35.5. The van der Waals surface area contributed by atoms with E-state index in [0.717, 1.165) is 12.1 Å². The highest BCUT2D eigenvalue weighted by Gasteiger charge is 2.11. The number of nitrogens with two attached hydrogens (primary N) is 1. The molecule has 0 fully saturated rings. The van der Waals surface area contributed by atoms with Gasteiger partial charge in [-0.05, 0) is 24.3 Å². The van der Waals surface area contributed by atoms with E-state index in [-0.39, 0.29) is 27.0 Å². The van der Waals surface area contributed by atoms with Crippen molar-refractivity contribution in [1.82, 2.24) is 0 Å². The molecule has 0 saturated heterocycles. The minimum Gasteiger partial charge on any atom is -0.396 e. The number of amides is 1. The van der Waals surface area contributed by atoms with E-state index < -0.39 is 17.5 Å². The summed E-state index contributed by atoms with van der Waals surface area (Å²) in [4.78, 5) is 11.9. The predicted octanol–water partition coefficient (Wildman–Crippen LogP) is 4.11. The van der Waals surface area contributed by atoms with Gasteiger partial charge in [0.2, 0.25) is 0 Å². The number of anilines is 2. The number of carbonyl (C=O) groups is 1. The van der Waals surface area contributed by atoms with Crippen molar-refractivity contribution in [3.8, 4) is 0 Å². The second-order valence-electron chi connectivity index (χ2n) is 3.97. The first kappa shape index (κ1) is 14.6. The van der Waals surface area contributed by atoms with E-state index in [1.165, 1.54) is 12.1 Å². The fourth-order valence-corrected chi connectivity index (χ4v) is 2.03. The van der Waals surface area contributed by atoms with Crippen molar-refractivity contribution in [1.29, 1.82) is 0 Å². The molecule has 0 heterocycles. The predicted molar refractivity (Wildman–Crippen MR) is 75.2 cm³/mol. The minimum atomic E-state index is -0.844. The van der Waals surface area contributed by atoms with Gasteiger partial charge in [-0.1, -0.05) is 23.2 Å². The van der Waals surface area contributed by atoms with Gasteiger partial charge < -0.3 is 11.1 Å². The molecule has 20 heavy (non-hydrogen) atoms. The summed E-state index contributed by atoms with van der Waals surface area (Å²) in [6, 6.07) is 5.28. The van der Waals surface area contributed by atoms with Crippen LogP contribution in [0.2, 0.25) is 10.0 Å². The van der Waals surface area contributed by atoms with E-state index in [1.807, 2.05) is 0 Å². The summed E-state index contributed by atoms with van der Waals surface area (Å²) < 4.78 is 26.1. The standard InChI is InChI=1S/C13H8Cl2F2N2O/c14-10-4-9(5-11(15)12(10)18)19-13(20)6-1-7(16)3-8(17)2-6/h1-5H,18H2,(H,19,20). The van der Waals surface area contributed by atoms with Crippen LogP contribution in [-0.4, -0.2) is 5.91 Å². The molecule has 0 unspecified atom stereocenters. The number of hydrogen-bond donors (Lipinski definition) is 2. The van der Waals surface area contributed by atoms with E-state index in [9.17, 15) is 13.6 Å². The fourth-order valence-electron chi connectivity index (χ4n) is 1.54. The van der Waals surface area contributed by atoms with E-state index >= 15 is 0 Å². The lowest BCUT2D eigenvalue weighted by molar-refractivity contribution is 0.102. The Balaban J connectivity index is 2.28. The molecule has 1 amide bonds. The average Bonchev–Trinajstić information content (AvgIpc) is 2.34. The first-order valence-corrected chi connectivity index (χ1v) is 6.14. The molecule has 0 spiro atoms. The van der Waals surface area contributed by atoms with Gasteiger partial charge in [-0.25, -0.2) is 8.78 Å². The van der Waals surface area contributed by atoms with Gasteiger partial charge in [0.05, 0.1) is 15.7 Å². The first-order valence-electron chi connectivity index (χ1n) is 5.39. The first-order chi connectivity index (χ1) is 9.36. The van der Waals surface area contributed by atoms with Crippen LogP contribution in [0.4, 0.5) is 20.2 Å². The molecule has 7 heteroatoms. The van der Waals surface area contributed by atoms with Crippen molar-refractivity contribution in [3.05, 3.63) is 57.6 Å². The molecule has 0 aliphatic rings. The number of halogens is 4. The van der Waals surface area contributed by atoms with Crippen LogP contribution in [0.25, 0.3) is 0 Å². The molecule has 0 bridgehead atoms. The normalized spacial score (nSPS) is 10.4. The number of carbonyl (C=O) groups excluding carboxylic acids is 1. The SMILES string of the molecule is Nc1c(Cl)cc(NC(=O)c2cc(F)cc(F)c2)cc1Cl. The van der Waals surface area contributed by atoms with Crippen molar-refractivity contribution in [2.75, 3.05) is 11.1 Å². The van der Waals surface area contributed by atoms with Crippen LogP contribution in [0, 0.1) is 11.6 Å². The number of nitrogens with one attached hydrogen (secondary N) is 1. The van der Waals surface area contributed by atoms with Gasteiger partial charge in [0, 0.05) is 17.3 Å². The zero-order valence-electron chi connectivity index (χ0n) is 9.88. The van der Waals surface area contributed by atoms with Crippen LogP contribution in [0.3, 0.4) is 0 Å². The molecule has 0 atom stereocenters. The second-order valence-corrected chi connectivity index (χ2v) is 4.78. The third-order valence-electron chi connectivity index (χ3n) is 2.46. The maximum absolute atomic E-state index is 13.0. The molecule has 2 aromatic rings. The van der Waals surface area contributed by atoms with Crippen LogP contribution >= 0.6 is 23.2 Å². The minimum absolute atomic E-state index is 0.161.